The van der Waals surface area contributed by atoms with Gasteiger partial charge in [0.2, 0.25) is 0 Å². The third-order valence-corrected chi connectivity index (χ3v) is 3.11. The van der Waals surface area contributed by atoms with E-state index in [1.54, 1.807) is 0 Å². The van der Waals surface area contributed by atoms with Crippen molar-refractivity contribution in [2.24, 2.45) is 0 Å². The summed E-state index contributed by atoms with van der Waals surface area (Å²) in [7, 11) is 4.20. The predicted octanol–water partition coefficient (Wildman–Crippen LogP) is 3.34. The van der Waals surface area contributed by atoms with Crippen LogP contribution in [-0.2, 0) is 6.54 Å². The Labute approximate surface area is 106 Å². The van der Waals surface area contributed by atoms with Crippen LogP contribution in [0.2, 0.25) is 0 Å². The lowest BCUT2D eigenvalue weighted by Gasteiger charge is -2.23. The van der Waals surface area contributed by atoms with Crippen molar-refractivity contribution < 1.29 is 0 Å². The Morgan fingerprint density at radius 1 is 1.24 bits per heavy atom. The third-order valence-electron chi connectivity index (χ3n) is 3.11. The van der Waals surface area contributed by atoms with E-state index in [-0.39, 0.29) is 0 Å². The predicted molar refractivity (Wildman–Crippen MR) is 76.7 cm³/mol. The summed E-state index contributed by atoms with van der Waals surface area (Å²) in [5.74, 6) is 0. The zero-order valence-electron chi connectivity index (χ0n) is 11.7. The molecule has 0 radical (unpaired) electrons. The van der Waals surface area contributed by atoms with Gasteiger partial charge in [-0.3, -0.25) is 0 Å². The van der Waals surface area contributed by atoms with Crippen LogP contribution in [0.4, 0.5) is 5.69 Å². The summed E-state index contributed by atoms with van der Waals surface area (Å²) in [5.41, 5.74) is 4.09. The second kappa shape index (κ2) is 7.33. The Bertz CT molecular complexity index is 334. The van der Waals surface area contributed by atoms with E-state index in [2.05, 4.69) is 49.3 Å². The van der Waals surface area contributed by atoms with Crippen molar-refractivity contribution in [1.82, 2.24) is 5.32 Å². The minimum atomic E-state index is 0.940. The van der Waals surface area contributed by atoms with Gasteiger partial charge in [-0.1, -0.05) is 37.5 Å². The topological polar surface area (TPSA) is 15.3 Å². The van der Waals surface area contributed by atoms with Crippen LogP contribution in [0.1, 0.15) is 37.3 Å². The molecule has 2 nitrogen and oxygen atoms in total. The molecule has 0 saturated heterocycles. The van der Waals surface area contributed by atoms with Gasteiger partial charge >= 0.3 is 0 Å². The lowest BCUT2D eigenvalue weighted by atomic mass is 10.1. The van der Waals surface area contributed by atoms with E-state index in [0.717, 1.165) is 13.1 Å². The van der Waals surface area contributed by atoms with Crippen LogP contribution in [0.3, 0.4) is 0 Å². The molecule has 0 aliphatic rings. The maximum atomic E-state index is 3.25. The van der Waals surface area contributed by atoms with Crippen LogP contribution in [0, 0.1) is 6.92 Å². The van der Waals surface area contributed by atoms with Gasteiger partial charge in [-0.15, -0.1) is 0 Å². The first-order valence-corrected chi connectivity index (χ1v) is 6.64. The highest BCUT2D eigenvalue weighted by Gasteiger charge is 2.06. The quantitative estimate of drug-likeness (QED) is 0.728. The fraction of sp³-hybridized carbons (Fsp3) is 0.600. The maximum Gasteiger partial charge on any atom is 0.0409 e. The van der Waals surface area contributed by atoms with Gasteiger partial charge in [0, 0.05) is 25.8 Å². The number of hydrogen-bond donors (Lipinski definition) is 1. The van der Waals surface area contributed by atoms with E-state index in [9.17, 15) is 0 Å². The summed E-state index contributed by atoms with van der Waals surface area (Å²) in [6.07, 6.45) is 3.88. The SMILES string of the molecule is CCCCCN(C)c1ccc(C)cc1CNC. The van der Waals surface area contributed by atoms with Crippen LogP contribution in [0.25, 0.3) is 0 Å². The van der Waals surface area contributed by atoms with Crippen molar-refractivity contribution in [2.75, 3.05) is 25.5 Å². The molecule has 0 heterocycles. The molecule has 1 aromatic carbocycles. The van der Waals surface area contributed by atoms with Gasteiger partial charge in [0.05, 0.1) is 0 Å². The molecule has 1 rings (SSSR count). The first-order chi connectivity index (χ1) is 8.19. The Balaban J connectivity index is 2.73. The summed E-state index contributed by atoms with van der Waals surface area (Å²) in [5, 5.41) is 3.25. The van der Waals surface area contributed by atoms with E-state index in [0.29, 0.717) is 0 Å². The highest BCUT2D eigenvalue weighted by Crippen LogP contribution is 2.21. The molecule has 0 saturated carbocycles. The van der Waals surface area contributed by atoms with E-state index in [1.165, 1.54) is 36.1 Å². The minimum absolute atomic E-state index is 0.940. The lowest BCUT2D eigenvalue weighted by molar-refractivity contribution is 0.701. The van der Waals surface area contributed by atoms with E-state index in [4.69, 9.17) is 0 Å². The number of hydrogen-bond acceptors (Lipinski definition) is 2. The highest BCUT2D eigenvalue weighted by atomic mass is 15.1. The maximum absolute atomic E-state index is 3.25. The number of nitrogens with zero attached hydrogens (tertiary/aromatic N) is 1. The lowest BCUT2D eigenvalue weighted by Crippen LogP contribution is -2.21. The molecular weight excluding hydrogens is 208 g/mol. The fourth-order valence-electron chi connectivity index (χ4n) is 2.14. The third kappa shape index (κ3) is 4.39. The van der Waals surface area contributed by atoms with E-state index < -0.39 is 0 Å². The smallest absolute Gasteiger partial charge is 0.0409 e. The second-order valence-corrected chi connectivity index (χ2v) is 4.79. The molecule has 1 aromatic rings. The van der Waals surface area contributed by atoms with Crippen LogP contribution in [0.5, 0.6) is 0 Å². The fourth-order valence-corrected chi connectivity index (χ4v) is 2.14. The van der Waals surface area contributed by atoms with Crippen LogP contribution in [0.15, 0.2) is 18.2 Å². The molecule has 1 N–H and O–H groups in total. The van der Waals surface area contributed by atoms with Gasteiger partial charge in [-0.05, 0) is 32.0 Å². The van der Waals surface area contributed by atoms with Crippen molar-refractivity contribution in [3.8, 4) is 0 Å². The van der Waals surface area contributed by atoms with Crippen molar-refractivity contribution in [3.05, 3.63) is 29.3 Å². The van der Waals surface area contributed by atoms with E-state index >= 15 is 0 Å². The van der Waals surface area contributed by atoms with Gasteiger partial charge < -0.3 is 10.2 Å². The van der Waals surface area contributed by atoms with Gasteiger partial charge in [0.1, 0.15) is 0 Å². The molecule has 0 aliphatic carbocycles. The van der Waals surface area contributed by atoms with Crippen LogP contribution < -0.4 is 10.2 Å². The number of anilines is 1. The largest absolute Gasteiger partial charge is 0.374 e. The molecule has 96 valence electrons. The van der Waals surface area contributed by atoms with Gasteiger partial charge in [-0.2, -0.15) is 0 Å². The molecule has 0 amide bonds. The van der Waals surface area contributed by atoms with Gasteiger partial charge in [-0.25, -0.2) is 0 Å². The second-order valence-electron chi connectivity index (χ2n) is 4.79. The Morgan fingerprint density at radius 2 is 2.00 bits per heavy atom. The summed E-state index contributed by atoms with van der Waals surface area (Å²) in [4.78, 5) is 2.38. The first-order valence-electron chi connectivity index (χ1n) is 6.64. The summed E-state index contributed by atoms with van der Waals surface area (Å²) in [6.45, 7) is 6.49. The zero-order valence-corrected chi connectivity index (χ0v) is 11.7. The number of unbranched alkanes of at least 4 members (excludes halogenated alkanes) is 2. The average Bonchev–Trinajstić information content (AvgIpc) is 2.30. The zero-order chi connectivity index (χ0) is 12.7. The van der Waals surface area contributed by atoms with Crippen molar-refractivity contribution in [2.45, 2.75) is 39.7 Å². The molecule has 0 unspecified atom stereocenters. The highest BCUT2D eigenvalue weighted by molar-refractivity contribution is 5.54. The number of rotatable bonds is 7. The molecule has 0 aliphatic heterocycles. The van der Waals surface area contributed by atoms with Crippen LogP contribution in [-0.4, -0.2) is 20.6 Å². The van der Waals surface area contributed by atoms with E-state index in [1.807, 2.05) is 7.05 Å². The van der Waals surface area contributed by atoms with Crippen molar-refractivity contribution in [3.63, 3.8) is 0 Å². The number of nitrogens with one attached hydrogen (secondary N) is 1. The minimum Gasteiger partial charge on any atom is -0.374 e. The van der Waals surface area contributed by atoms with Crippen molar-refractivity contribution >= 4 is 5.69 Å². The normalized spacial score (nSPS) is 10.6. The van der Waals surface area contributed by atoms with Crippen molar-refractivity contribution in [1.29, 1.82) is 0 Å². The number of aryl methyl sites for hydroxylation is 1. The molecule has 0 bridgehead atoms. The van der Waals surface area contributed by atoms with Gasteiger partial charge in [0.25, 0.3) is 0 Å². The average molecular weight is 234 g/mol. The monoisotopic (exact) mass is 234 g/mol. The summed E-state index contributed by atoms with van der Waals surface area (Å²) in [6, 6.07) is 6.72. The Kier molecular flexibility index (Phi) is 6.06. The molecule has 0 fully saturated rings. The summed E-state index contributed by atoms with van der Waals surface area (Å²) >= 11 is 0. The van der Waals surface area contributed by atoms with Crippen LogP contribution >= 0.6 is 0 Å². The van der Waals surface area contributed by atoms with Gasteiger partial charge in [0.15, 0.2) is 0 Å². The molecule has 17 heavy (non-hydrogen) atoms. The first kappa shape index (κ1) is 14.0. The number of benzene rings is 1. The Morgan fingerprint density at radius 3 is 2.65 bits per heavy atom. The summed E-state index contributed by atoms with van der Waals surface area (Å²) < 4.78 is 0. The molecular formula is C15H26N2. The Hall–Kier alpha value is -1.02. The standard InChI is InChI=1S/C15H26N2/c1-5-6-7-10-17(4)15-9-8-13(2)11-14(15)12-16-3/h8-9,11,16H,5-7,10,12H2,1-4H3. The molecule has 0 atom stereocenters. The molecule has 2 heteroatoms. The molecule has 0 spiro atoms. The molecule has 0 aromatic heterocycles.